The predicted octanol–water partition coefficient (Wildman–Crippen LogP) is 6.36. The van der Waals surface area contributed by atoms with Gasteiger partial charge in [0, 0.05) is 23.9 Å². The summed E-state index contributed by atoms with van der Waals surface area (Å²) in [7, 11) is 0. The number of likely N-dealkylation sites (tertiary alicyclic amines) is 1. The summed E-state index contributed by atoms with van der Waals surface area (Å²) in [5, 5.41) is 4.97. The third-order valence-corrected chi connectivity index (χ3v) is 6.38. The largest absolute Gasteiger partial charge is 0.486 e. The Balaban J connectivity index is 1.06. The van der Waals surface area contributed by atoms with Crippen LogP contribution in [-0.4, -0.2) is 36.3 Å². The minimum absolute atomic E-state index is 0.286. The molecular formula is C29H29FN2O3. The molecule has 1 aliphatic rings. The van der Waals surface area contributed by atoms with Gasteiger partial charge in [-0.05, 0) is 55.8 Å². The summed E-state index contributed by atoms with van der Waals surface area (Å²) >= 11 is 0. The molecule has 0 bridgehead atoms. The van der Waals surface area contributed by atoms with Gasteiger partial charge < -0.3 is 14.0 Å². The summed E-state index contributed by atoms with van der Waals surface area (Å²) in [6.07, 6.45) is 6.20. The molecule has 1 aromatic heterocycles. The normalized spacial score (nSPS) is 15.1. The van der Waals surface area contributed by atoms with Gasteiger partial charge in [-0.2, -0.15) is 0 Å². The molecule has 5 rings (SSSR count). The number of benzene rings is 3. The Morgan fingerprint density at radius 2 is 1.66 bits per heavy atom. The lowest BCUT2D eigenvalue weighted by Gasteiger charge is -2.30. The Morgan fingerprint density at radius 1 is 0.914 bits per heavy atom. The van der Waals surface area contributed by atoms with Gasteiger partial charge in [-0.3, -0.25) is 4.90 Å². The minimum atomic E-state index is -0.286. The number of para-hydroxylation sites is 2. The van der Waals surface area contributed by atoms with E-state index in [9.17, 15) is 4.39 Å². The standard InChI is InChI=1S/C29H29FN2O3/c30-24-12-13-25-26(20-24)31-35-29(25)23-14-17-32(18-15-23)16-6-7-19-33-27-10-4-5-11-28(27)34-21-22-8-2-1-3-9-22/h1-13,20,23H,14-19,21H2/b7-6+. The summed E-state index contributed by atoms with van der Waals surface area (Å²) in [4.78, 5) is 2.42. The van der Waals surface area contributed by atoms with E-state index in [4.69, 9.17) is 14.0 Å². The number of halogens is 1. The summed E-state index contributed by atoms with van der Waals surface area (Å²) in [5.74, 6) is 2.41. The van der Waals surface area contributed by atoms with E-state index in [2.05, 4.69) is 22.2 Å². The van der Waals surface area contributed by atoms with E-state index in [0.29, 0.717) is 24.6 Å². The monoisotopic (exact) mass is 472 g/mol. The molecule has 4 aromatic rings. The van der Waals surface area contributed by atoms with Crippen LogP contribution in [0.5, 0.6) is 11.5 Å². The number of aromatic nitrogens is 1. The molecular weight excluding hydrogens is 443 g/mol. The Hall–Kier alpha value is -3.64. The molecule has 1 saturated heterocycles. The number of fused-ring (bicyclic) bond motifs is 1. The van der Waals surface area contributed by atoms with Crippen LogP contribution in [0.25, 0.3) is 10.9 Å². The van der Waals surface area contributed by atoms with Crippen LogP contribution in [0.15, 0.2) is 89.5 Å². The first kappa shape index (κ1) is 23.1. The van der Waals surface area contributed by atoms with E-state index in [1.54, 1.807) is 6.07 Å². The molecule has 0 unspecified atom stereocenters. The molecule has 1 aliphatic heterocycles. The second-order valence-electron chi connectivity index (χ2n) is 8.79. The zero-order valence-corrected chi connectivity index (χ0v) is 19.6. The summed E-state index contributed by atoms with van der Waals surface area (Å²) < 4.78 is 30.9. The molecule has 0 aliphatic carbocycles. The number of nitrogens with zero attached hydrogens (tertiary/aromatic N) is 2. The number of hydrogen-bond acceptors (Lipinski definition) is 5. The quantitative estimate of drug-likeness (QED) is 0.265. The Kier molecular flexibility index (Phi) is 7.39. The topological polar surface area (TPSA) is 47.7 Å². The highest BCUT2D eigenvalue weighted by molar-refractivity contribution is 5.80. The van der Waals surface area contributed by atoms with E-state index >= 15 is 0 Å². The average molecular weight is 473 g/mol. The van der Waals surface area contributed by atoms with Crippen molar-refractivity contribution in [2.45, 2.75) is 25.4 Å². The van der Waals surface area contributed by atoms with Crippen molar-refractivity contribution < 1.29 is 18.4 Å². The summed E-state index contributed by atoms with van der Waals surface area (Å²) in [6, 6.07) is 22.5. The lowest BCUT2D eigenvalue weighted by molar-refractivity contribution is 0.214. The maximum absolute atomic E-state index is 13.4. The highest BCUT2D eigenvalue weighted by Gasteiger charge is 2.25. The van der Waals surface area contributed by atoms with Gasteiger partial charge in [0.2, 0.25) is 0 Å². The van der Waals surface area contributed by atoms with Crippen molar-refractivity contribution >= 4 is 10.9 Å². The minimum Gasteiger partial charge on any atom is -0.486 e. The molecule has 0 amide bonds. The Bertz CT molecular complexity index is 1260. The van der Waals surface area contributed by atoms with Crippen LogP contribution in [0.4, 0.5) is 4.39 Å². The van der Waals surface area contributed by atoms with Gasteiger partial charge in [0.15, 0.2) is 11.5 Å². The average Bonchev–Trinajstić information content (AvgIpc) is 3.32. The van der Waals surface area contributed by atoms with Crippen molar-refractivity contribution in [1.82, 2.24) is 10.1 Å². The van der Waals surface area contributed by atoms with E-state index in [-0.39, 0.29) is 5.82 Å². The molecule has 0 saturated carbocycles. The zero-order chi connectivity index (χ0) is 23.9. The Labute approximate surface area is 204 Å². The molecule has 2 heterocycles. The maximum atomic E-state index is 13.4. The maximum Gasteiger partial charge on any atom is 0.161 e. The van der Waals surface area contributed by atoms with Crippen LogP contribution >= 0.6 is 0 Å². The summed E-state index contributed by atoms with van der Waals surface area (Å²) in [5.41, 5.74) is 1.72. The second kappa shape index (κ2) is 11.2. The third-order valence-electron chi connectivity index (χ3n) is 6.38. The first-order chi connectivity index (χ1) is 17.3. The smallest absolute Gasteiger partial charge is 0.161 e. The molecule has 0 radical (unpaired) electrons. The molecule has 180 valence electrons. The van der Waals surface area contributed by atoms with Crippen LogP contribution < -0.4 is 9.47 Å². The van der Waals surface area contributed by atoms with Crippen LogP contribution in [0, 0.1) is 5.82 Å². The highest BCUT2D eigenvalue weighted by Crippen LogP contribution is 2.33. The highest BCUT2D eigenvalue weighted by atomic mass is 19.1. The van der Waals surface area contributed by atoms with Gasteiger partial charge in [-0.15, -0.1) is 0 Å². The molecule has 1 fully saturated rings. The molecule has 0 spiro atoms. The first-order valence-corrected chi connectivity index (χ1v) is 12.1. The van der Waals surface area contributed by atoms with Gasteiger partial charge in [0.25, 0.3) is 0 Å². The lowest BCUT2D eigenvalue weighted by Crippen LogP contribution is -2.33. The molecule has 6 heteroatoms. The fraction of sp³-hybridized carbons (Fsp3) is 0.276. The Morgan fingerprint density at radius 3 is 2.46 bits per heavy atom. The van der Waals surface area contributed by atoms with Crippen LogP contribution in [0.1, 0.15) is 30.1 Å². The van der Waals surface area contributed by atoms with E-state index in [1.165, 1.54) is 12.1 Å². The second-order valence-corrected chi connectivity index (χ2v) is 8.79. The van der Waals surface area contributed by atoms with E-state index in [1.807, 2.05) is 54.6 Å². The van der Waals surface area contributed by atoms with Crippen LogP contribution in [0.2, 0.25) is 0 Å². The van der Waals surface area contributed by atoms with Crippen molar-refractivity contribution in [3.8, 4) is 11.5 Å². The van der Waals surface area contributed by atoms with Crippen molar-refractivity contribution in [1.29, 1.82) is 0 Å². The number of rotatable bonds is 9. The van der Waals surface area contributed by atoms with Gasteiger partial charge in [0.05, 0.1) is 0 Å². The van der Waals surface area contributed by atoms with Gasteiger partial charge >= 0.3 is 0 Å². The molecule has 5 nitrogen and oxygen atoms in total. The van der Waals surface area contributed by atoms with Gasteiger partial charge in [0.1, 0.15) is 30.3 Å². The van der Waals surface area contributed by atoms with Crippen molar-refractivity contribution in [2.24, 2.45) is 0 Å². The molecule has 3 aromatic carbocycles. The fourth-order valence-electron chi connectivity index (χ4n) is 4.46. The number of piperidine rings is 1. The predicted molar refractivity (Wildman–Crippen MR) is 134 cm³/mol. The SMILES string of the molecule is Fc1ccc2c(C3CCN(C/C=C/COc4ccccc4OCc4ccccc4)CC3)onc2c1. The van der Waals surface area contributed by atoms with E-state index in [0.717, 1.165) is 60.7 Å². The number of hydrogen-bond donors (Lipinski definition) is 0. The third kappa shape index (κ3) is 5.89. The fourth-order valence-corrected chi connectivity index (χ4v) is 4.46. The molecule has 35 heavy (non-hydrogen) atoms. The van der Waals surface area contributed by atoms with Crippen molar-refractivity contribution in [2.75, 3.05) is 26.2 Å². The summed E-state index contributed by atoms with van der Waals surface area (Å²) in [6.45, 7) is 3.84. The van der Waals surface area contributed by atoms with Crippen molar-refractivity contribution in [3.05, 3.63) is 102 Å². The van der Waals surface area contributed by atoms with E-state index < -0.39 is 0 Å². The lowest BCUT2D eigenvalue weighted by atomic mass is 9.92. The van der Waals surface area contributed by atoms with Crippen LogP contribution in [-0.2, 0) is 6.61 Å². The van der Waals surface area contributed by atoms with Gasteiger partial charge in [-0.25, -0.2) is 4.39 Å². The molecule has 0 N–H and O–H groups in total. The van der Waals surface area contributed by atoms with Crippen molar-refractivity contribution in [3.63, 3.8) is 0 Å². The van der Waals surface area contributed by atoms with Gasteiger partial charge in [-0.1, -0.05) is 59.8 Å². The van der Waals surface area contributed by atoms with Crippen LogP contribution in [0.3, 0.4) is 0 Å². The first-order valence-electron chi connectivity index (χ1n) is 12.1. The number of ether oxygens (including phenoxy) is 2. The molecule has 0 atom stereocenters. The zero-order valence-electron chi connectivity index (χ0n) is 19.6.